The van der Waals surface area contributed by atoms with E-state index in [2.05, 4.69) is 29.5 Å². The second-order valence-electron chi connectivity index (χ2n) is 5.71. The number of aromatic nitrogens is 2. The van der Waals surface area contributed by atoms with Gasteiger partial charge >= 0.3 is 0 Å². The fourth-order valence-corrected chi connectivity index (χ4v) is 2.96. The third-order valence-corrected chi connectivity index (χ3v) is 4.28. The molecule has 1 N–H and O–H groups in total. The van der Waals surface area contributed by atoms with E-state index in [9.17, 15) is 4.79 Å². The van der Waals surface area contributed by atoms with Gasteiger partial charge in [0, 0.05) is 12.5 Å². The summed E-state index contributed by atoms with van der Waals surface area (Å²) >= 11 is 0. The standard InChI is InChI=1S/C17H21N3O/c1-4-20-12(3)16(11(2)19-20)18-17(21)15-10-14(15)13-8-6-5-7-9-13/h5-9,14-15H,4,10H2,1-3H3,(H,18,21)/t14-,15-/m1/s1. The first kappa shape index (κ1) is 13.9. The van der Waals surface area contributed by atoms with Crippen LogP contribution in [0.2, 0.25) is 0 Å². The molecule has 0 unspecified atom stereocenters. The Morgan fingerprint density at radius 3 is 2.67 bits per heavy atom. The summed E-state index contributed by atoms with van der Waals surface area (Å²) in [6, 6.07) is 10.3. The van der Waals surface area contributed by atoms with Crippen LogP contribution in [0.4, 0.5) is 5.69 Å². The lowest BCUT2D eigenvalue weighted by molar-refractivity contribution is -0.117. The van der Waals surface area contributed by atoms with Gasteiger partial charge in [0.25, 0.3) is 0 Å². The van der Waals surface area contributed by atoms with E-state index in [0.29, 0.717) is 5.92 Å². The molecule has 0 bridgehead atoms. The van der Waals surface area contributed by atoms with Crippen molar-refractivity contribution in [1.29, 1.82) is 0 Å². The predicted molar refractivity (Wildman–Crippen MR) is 83.3 cm³/mol. The number of nitrogens with zero attached hydrogens (tertiary/aromatic N) is 2. The fourth-order valence-electron chi connectivity index (χ4n) is 2.96. The Labute approximate surface area is 125 Å². The van der Waals surface area contributed by atoms with Crippen molar-refractivity contribution in [3.63, 3.8) is 0 Å². The van der Waals surface area contributed by atoms with Crippen molar-refractivity contribution in [3.05, 3.63) is 47.3 Å². The van der Waals surface area contributed by atoms with Crippen LogP contribution >= 0.6 is 0 Å². The molecule has 3 rings (SSSR count). The van der Waals surface area contributed by atoms with Crippen LogP contribution < -0.4 is 5.32 Å². The highest BCUT2D eigenvalue weighted by Gasteiger charge is 2.44. The Bertz CT molecular complexity index is 660. The Balaban J connectivity index is 1.70. The number of aryl methyl sites for hydroxylation is 2. The maximum atomic E-state index is 12.4. The van der Waals surface area contributed by atoms with Crippen molar-refractivity contribution < 1.29 is 4.79 Å². The summed E-state index contributed by atoms with van der Waals surface area (Å²) in [5, 5.41) is 7.51. The summed E-state index contributed by atoms with van der Waals surface area (Å²) in [7, 11) is 0. The van der Waals surface area contributed by atoms with E-state index in [1.165, 1.54) is 5.56 Å². The molecule has 2 aromatic rings. The molecular weight excluding hydrogens is 262 g/mol. The number of nitrogens with one attached hydrogen (secondary N) is 1. The van der Waals surface area contributed by atoms with Crippen LogP contribution in [-0.4, -0.2) is 15.7 Å². The van der Waals surface area contributed by atoms with Gasteiger partial charge in [-0.2, -0.15) is 5.10 Å². The molecule has 4 nitrogen and oxygen atoms in total. The summed E-state index contributed by atoms with van der Waals surface area (Å²) in [4.78, 5) is 12.4. The zero-order valence-electron chi connectivity index (χ0n) is 12.8. The van der Waals surface area contributed by atoms with Crippen molar-refractivity contribution in [2.75, 3.05) is 5.32 Å². The average molecular weight is 283 g/mol. The normalized spacial score (nSPS) is 20.3. The third-order valence-electron chi connectivity index (χ3n) is 4.28. The molecule has 1 aliphatic rings. The first-order chi connectivity index (χ1) is 10.1. The Hall–Kier alpha value is -2.10. The van der Waals surface area contributed by atoms with Gasteiger partial charge in [-0.15, -0.1) is 0 Å². The molecule has 1 heterocycles. The number of hydrogen-bond acceptors (Lipinski definition) is 2. The molecule has 110 valence electrons. The third kappa shape index (κ3) is 2.58. The highest BCUT2D eigenvalue weighted by molar-refractivity contribution is 5.96. The van der Waals surface area contributed by atoms with Crippen molar-refractivity contribution >= 4 is 11.6 Å². The molecule has 1 amide bonds. The number of carbonyl (C=O) groups excluding carboxylic acids is 1. The lowest BCUT2D eigenvalue weighted by atomic mass is 10.1. The van der Waals surface area contributed by atoms with E-state index in [-0.39, 0.29) is 11.8 Å². The van der Waals surface area contributed by atoms with Crippen LogP contribution in [0.5, 0.6) is 0 Å². The maximum Gasteiger partial charge on any atom is 0.228 e. The molecule has 1 saturated carbocycles. The van der Waals surface area contributed by atoms with Crippen molar-refractivity contribution in [1.82, 2.24) is 9.78 Å². The summed E-state index contributed by atoms with van der Waals surface area (Å²) in [6.45, 7) is 6.81. The van der Waals surface area contributed by atoms with Gasteiger partial charge in [-0.1, -0.05) is 30.3 Å². The minimum atomic E-state index is 0.0937. The average Bonchev–Trinajstić information content (AvgIpc) is 3.26. The first-order valence-electron chi connectivity index (χ1n) is 7.51. The zero-order chi connectivity index (χ0) is 15.0. The van der Waals surface area contributed by atoms with Gasteiger partial charge in [0.1, 0.15) is 0 Å². The molecule has 1 aromatic carbocycles. The van der Waals surface area contributed by atoms with Crippen LogP contribution in [-0.2, 0) is 11.3 Å². The maximum absolute atomic E-state index is 12.4. The molecular formula is C17H21N3O. The lowest BCUT2D eigenvalue weighted by Crippen LogP contribution is -2.15. The van der Waals surface area contributed by atoms with Crippen LogP contribution in [0, 0.1) is 19.8 Å². The van der Waals surface area contributed by atoms with Crippen LogP contribution in [0.3, 0.4) is 0 Å². The van der Waals surface area contributed by atoms with Crippen LogP contribution in [0.15, 0.2) is 30.3 Å². The quantitative estimate of drug-likeness (QED) is 0.936. The van der Waals surface area contributed by atoms with Crippen molar-refractivity contribution in [3.8, 4) is 0 Å². The minimum Gasteiger partial charge on any atom is -0.323 e. The Kier molecular flexibility index (Phi) is 3.53. The van der Waals surface area contributed by atoms with Gasteiger partial charge in [-0.25, -0.2) is 0 Å². The number of benzene rings is 1. The van der Waals surface area contributed by atoms with E-state index in [1.54, 1.807) is 0 Å². The molecule has 0 spiro atoms. The molecule has 21 heavy (non-hydrogen) atoms. The minimum absolute atomic E-state index is 0.0937. The van der Waals surface area contributed by atoms with E-state index in [0.717, 1.165) is 30.0 Å². The predicted octanol–water partition coefficient (Wildman–Crippen LogP) is 3.26. The fraction of sp³-hybridized carbons (Fsp3) is 0.412. The number of rotatable bonds is 4. The van der Waals surface area contributed by atoms with Crippen LogP contribution in [0.25, 0.3) is 0 Å². The summed E-state index contributed by atoms with van der Waals surface area (Å²) in [5.41, 5.74) is 4.05. The largest absolute Gasteiger partial charge is 0.323 e. The number of anilines is 1. The van der Waals surface area contributed by atoms with Crippen molar-refractivity contribution in [2.45, 2.75) is 39.7 Å². The molecule has 1 aromatic heterocycles. The number of carbonyl (C=O) groups is 1. The highest BCUT2D eigenvalue weighted by Crippen LogP contribution is 2.48. The highest BCUT2D eigenvalue weighted by atomic mass is 16.2. The van der Waals surface area contributed by atoms with Gasteiger partial charge in [0.2, 0.25) is 5.91 Å². The van der Waals surface area contributed by atoms with Gasteiger partial charge in [-0.3, -0.25) is 9.48 Å². The summed E-state index contributed by atoms with van der Waals surface area (Å²) in [5.74, 6) is 0.579. The van der Waals surface area contributed by atoms with Crippen LogP contribution in [0.1, 0.15) is 36.2 Å². The van der Waals surface area contributed by atoms with E-state index >= 15 is 0 Å². The Morgan fingerprint density at radius 2 is 2.05 bits per heavy atom. The van der Waals surface area contributed by atoms with Gasteiger partial charge in [0.05, 0.1) is 17.1 Å². The molecule has 4 heteroatoms. The molecule has 1 fully saturated rings. The van der Waals surface area contributed by atoms with E-state index < -0.39 is 0 Å². The topological polar surface area (TPSA) is 46.9 Å². The number of amides is 1. The smallest absolute Gasteiger partial charge is 0.228 e. The second-order valence-corrected chi connectivity index (χ2v) is 5.71. The van der Waals surface area contributed by atoms with Gasteiger partial charge in [0.15, 0.2) is 0 Å². The summed E-state index contributed by atoms with van der Waals surface area (Å²) < 4.78 is 1.92. The molecule has 0 aliphatic heterocycles. The first-order valence-corrected chi connectivity index (χ1v) is 7.51. The van der Waals surface area contributed by atoms with E-state index in [4.69, 9.17) is 0 Å². The van der Waals surface area contributed by atoms with Gasteiger partial charge < -0.3 is 5.32 Å². The number of hydrogen-bond donors (Lipinski definition) is 1. The summed E-state index contributed by atoms with van der Waals surface area (Å²) in [6.07, 6.45) is 0.940. The molecule has 1 aliphatic carbocycles. The molecule has 2 atom stereocenters. The SMILES string of the molecule is CCn1nc(C)c(NC(=O)[C@@H]2C[C@@H]2c2ccccc2)c1C. The monoisotopic (exact) mass is 283 g/mol. The second kappa shape index (κ2) is 5.35. The van der Waals surface area contributed by atoms with E-state index in [1.807, 2.05) is 36.7 Å². The molecule has 0 radical (unpaired) electrons. The zero-order valence-corrected chi connectivity index (χ0v) is 12.8. The molecule has 0 saturated heterocycles. The lowest BCUT2D eigenvalue weighted by Gasteiger charge is -2.06. The Morgan fingerprint density at radius 1 is 1.33 bits per heavy atom. The van der Waals surface area contributed by atoms with Crippen molar-refractivity contribution in [2.24, 2.45) is 5.92 Å². The van der Waals surface area contributed by atoms with Gasteiger partial charge in [-0.05, 0) is 38.7 Å².